The number of hydrogen-bond donors (Lipinski definition) is 1. The van der Waals surface area contributed by atoms with Crippen molar-refractivity contribution in [2.45, 2.75) is 0 Å². The van der Waals surface area contributed by atoms with E-state index in [-0.39, 0.29) is 11.2 Å². The van der Waals surface area contributed by atoms with Gasteiger partial charge in [-0.1, -0.05) is 0 Å². The molecule has 0 aliphatic rings. The van der Waals surface area contributed by atoms with E-state index in [4.69, 9.17) is 0 Å². The summed E-state index contributed by atoms with van der Waals surface area (Å²) in [6.45, 7) is 0. The van der Waals surface area contributed by atoms with Crippen LogP contribution < -0.4 is 0 Å². The molecule has 0 spiro atoms. The number of benzene rings is 1. The molecule has 1 aromatic carbocycles. The van der Waals surface area contributed by atoms with Crippen LogP contribution in [-0.4, -0.2) is 23.3 Å². The summed E-state index contributed by atoms with van der Waals surface area (Å²) >= 11 is 3.03. The Bertz CT molecular complexity index is 538. The largest absolute Gasteiger partial charge is 0.464 e. The van der Waals surface area contributed by atoms with Gasteiger partial charge in [-0.2, -0.15) is 5.10 Å². The fourth-order valence-corrected chi connectivity index (χ4v) is 1.60. The van der Waals surface area contributed by atoms with E-state index in [1.807, 2.05) is 0 Å². The molecule has 0 amide bonds. The van der Waals surface area contributed by atoms with Crippen LogP contribution in [0.15, 0.2) is 16.6 Å². The molecule has 0 unspecified atom stereocenters. The van der Waals surface area contributed by atoms with Crippen molar-refractivity contribution in [1.82, 2.24) is 10.2 Å². The molecule has 78 valence electrons. The molecule has 0 aliphatic heterocycles. The highest BCUT2D eigenvalue weighted by Gasteiger charge is 2.17. The Hall–Kier alpha value is -1.43. The third-order valence-electron chi connectivity index (χ3n) is 2.01. The van der Waals surface area contributed by atoms with Gasteiger partial charge < -0.3 is 4.74 Å². The Balaban J connectivity index is 2.72. The van der Waals surface area contributed by atoms with E-state index >= 15 is 0 Å². The van der Waals surface area contributed by atoms with Crippen LogP contribution in [-0.2, 0) is 4.74 Å². The molecule has 0 radical (unpaired) electrons. The predicted molar refractivity (Wildman–Crippen MR) is 55.1 cm³/mol. The van der Waals surface area contributed by atoms with Crippen molar-refractivity contribution in [3.63, 3.8) is 0 Å². The lowest BCUT2D eigenvalue weighted by Gasteiger charge is -1.96. The Morgan fingerprint density at radius 3 is 3.00 bits per heavy atom. The van der Waals surface area contributed by atoms with Gasteiger partial charge in [-0.05, 0) is 28.1 Å². The molecule has 1 N–H and O–H groups in total. The first kappa shape index (κ1) is 10.1. The molecule has 0 saturated carbocycles. The lowest BCUT2D eigenvalue weighted by atomic mass is 10.2. The monoisotopic (exact) mass is 272 g/mol. The zero-order valence-corrected chi connectivity index (χ0v) is 9.26. The number of halogens is 2. The van der Waals surface area contributed by atoms with Gasteiger partial charge in [-0.15, -0.1) is 0 Å². The molecule has 4 nitrogen and oxygen atoms in total. The summed E-state index contributed by atoms with van der Waals surface area (Å²) in [5.74, 6) is -1.07. The maximum Gasteiger partial charge on any atom is 0.356 e. The molecular weight excluding hydrogens is 267 g/mol. The van der Waals surface area contributed by atoms with E-state index in [0.717, 1.165) is 0 Å². The quantitative estimate of drug-likeness (QED) is 0.811. The molecule has 0 aliphatic carbocycles. The Kier molecular flexibility index (Phi) is 2.44. The number of aromatic amines is 1. The zero-order valence-electron chi connectivity index (χ0n) is 7.67. The number of hydrogen-bond acceptors (Lipinski definition) is 3. The smallest absolute Gasteiger partial charge is 0.356 e. The lowest BCUT2D eigenvalue weighted by molar-refractivity contribution is 0.0596. The van der Waals surface area contributed by atoms with Crippen LogP contribution in [0.1, 0.15) is 10.5 Å². The van der Waals surface area contributed by atoms with E-state index in [1.165, 1.54) is 13.2 Å². The van der Waals surface area contributed by atoms with Crippen LogP contribution in [0, 0.1) is 5.82 Å². The number of esters is 1. The SMILES string of the molecule is COC(=O)c1[nH]nc2c(F)c(Br)ccc12. The average molecular weight is 273 g/mol. The van der Waals surface area contributed by atoms with Gasteiger partial charge in [0.1, 0.15) is 5.52 Å². The van der Waals surface area contributed by atoms with Crippen molar-refractivity contribution in [2.75, 3.05) is 7.11 Å². The van der Waals surface area contributed by atoms with Crippen molar-refractivity contribution >= 4 is 32.8 Å². The summed E-state index contributed by atoms with van der Waals surface area (Å²) in [4.78, 5) is 11.3. The number of nitrogens with one attached hydrogen (secondary N) is 1. The first-order chi connectivity index (χ1) is 7.15. The maximum absolute atomic E-state index is 13.5. The van der Waals surface area contributed by atoms with Crippen LogP contribution >= 0.6 is 15.9 Å². The highest BCUT2D eigenvalue weighted by Crippen LogP contribution is 2.25. The van der Waals surface area contributed by atoms with Crippen LogP contribution in [0.2, 0.25) is 0 Å². The molecule has 0 saturated heterocycles. The number of aromatic nitrogens is 2. The summed E-state index contributed by atoms with van der Waals surface area (Å²) in [6.07, 6.45) is 0. The molecule has 2 aromatic rings. The first-order valence-corrected chi connectivity index (χ1v) is 4.85. The van der Waals surface area contributed by atoms with Crippen LogP contribution in [0.25, 0.3) is 10.9 Å². The number of H-pyrrole nitrogens is 1. The normalized spacial score (nSPS) is 10.6. The van der Waals surface area contributed by atoms with Gasteiger partial charge in [0.25, 0.3) is 0 Å². The number of rotatable bonds is 1. The maximum atomic E-state index is 13.5. The minimum Gasteiger partial charge on any atom is -0.464 e. The molecule has 0 fully saturated rings. The second kappa shape index (κ2) is 3.62. The molecule has 2 rings (SSSR count). The van der Waals surface area contributed by atoms with E-state index < -0.39 is 11.8 Å². The second-order valence-corrected chi connectivity index (χ2v) is 3.70. The average Bonchev–Trinajstić information content (AvgIpc) is 2.66. The number of fused-ring (bicyclic) bond motifs is 1. The second-order valence-electron chi connectivity index (χ2n) is 2.85. The van der Waals surface area contributed by atoms with Crippen molar-refractivity contribution in [1.29, 1.82) is 0 Å². The van der Waals surface area contributed by atoms with Gasteiger partial charge in [-0.25, -0.2) is 9.18 Å². The van der Waals surface area contributed by atoms with Gasteiger partial charge in [0.2, 0.25) is 0 Å². The molecule has 0 bridgehead atoms. The fraction of sp³-hybridized carbons (Fsp3) is 0.111. The van der Waals surface area contributed by atoms with Gasteiger partial charge in [0, 0.05) is 5.39 Å². The number of ether oxygens (including phenoxy) is 1. The van der Waals surface area contributed by atoms with Crippen LogP contribution in [0.4, 0.5) is 4.39 Å². The first-order valence-electron chi connectivity index (χ1n) is 4.05. The zero-order chi connectivity index (χ0) is 11.0. The predicted octanol–water partition coefficient (Wildman–Crippen LogP) is 2.25. The van der Waals surface area contributed by atoms with Gasteiger partial charge >= 0.3 is 5.97 Å². The third-order valence-corrected chi connectivity index (χ3v) is 2.62. The summed E-state index contributed by atoms with van der Waals surface area (Å²) in [6, 6.07) is 3.11. The standard InChI is InChI=1S/C9H6BrFN2O2/c1-15-9(14)8-4-2-3-5(10)6(11)7(4)12-13-8/h2-3H,1H3,(H,12,13). The molecular formula is C9H6BrFN2O2. The van der Waals surface area contributed by atoms with E-state index in [0.29, 0.717) is 9.86 Å². The third kappa shape index (κ3) is 1.50. The van der Waals surface area contributed by atoms with E-state index in [1.54, 1.807) is 6.07 Å². The molecule has 1 aromatic heterocycles. The molecule has 1 heterocycles. The van der Waals surface area contributed by atoms with Crippen molar-refractivity contribution < 1.29 is 13.9 Å². The van der Waals surface area contributed by atoms with E-state index in [2.05, 4.69) is 30.9 Å². The van der Waals surface area contributed by atoms with Crippen LogP contribution in [0.5, 0.6) is 0 Å². The Morgan fingerprint density at radius 2 is 2.33 bits per heavy atom. The van der Waals surface area contributed by atoms with E-state index in [9.17, 15) is 9.18 Å². The number of carbonyl (C=O) groups excluding carboxylic acids is 1. The topological polar surface area (TPSA) is 55.0 Å². The summed E-state index contributed by atoms with van der Waals surface area (Å²) in [5, 5.41) is 6.57. The number of methoxy groups -OCH3 is 1. The highest BCUT2D eigenvalue weighted by atomic mass is 79.9. The van der Waals surface area contributed by atoms with Crippen molar-refractivity contribution in [3.05, 3.63) is 28.1 Å². The summed E-state index contributed by atoms with van der Waals surface area (Å²) in [5.41, 5.74) is 0.267. The number of carbonyl (C=O) groups is 1. The fourth-order valence-electron chi connectivity index (χ4n) is 1.28. The Labute approximate surface area is 92.5 Å². The summed E-state index contributed by atoms with van der Waals surface area (Å²) in [7, 11) is 1.25. The Morgan fingerprint density at radius 1 is 1.60 bits per heavy atom. The van der Waals surface area contributed by atoms with Crippen molar-refractivity contribution in [2.24, 2.45) is 0 Å². The van der Waals surface area contributed by atoms with Crippen molar-refractivity contribution in [3.8, 4) is 0 Å². The minimum atomic E-state index is -0.570. The van der Waals surface area contributed by atoms with Gasteiger partial charge in [-0.3, -0.25) is 5.10 Å². The summed E-state index contributed by atoms with van der Waals surface area (Å²) < 4.78 is 18.3. The lowest BCUT2D eigenvalue weighted by Crippen LogP contribution is -2.01. The number of nitrogens with zero attached hydrogens (tertiary/aromatic N) is 1. The van der Waals surface area contributed by atoms with Gasteiger partial charge in [0.15, 0.2) is 11.5 Å². The van der Waals surface area contributed by atoms with Crippen LogP contribution in [0.3, 0.4) is 0 Å². The minimum absolute atomic E-state index is 0.116. The molecule has 0 atom stereocenters. The molecule has 15 heavy (non-hydrogen) atoms. The molecule has 6 heteroatoms. The van der Waals surface area contributed by atoms with Gasteiger partial charge in [0.05, 0.1) is 11.6 Å². The highest BCUT2D eigenvalue weighted by molar-refractivity contribution is 9.10.